The average molecular weight is 423 g/mol. The van der Waals surface area contributed by atoms with Crippen LogP contribution in [0.5, 0.6) is 0 Å². The van der Waals surface area contributed by atoms with Crippen molar-refractivity contribution in [2.75, 3.05) is 29.8 Å². The van der Waals surface area contributed by atoms with E-state index in [-0.39, 0.29) is 12.4 Å². The number of nitrogens with one attached hydrogen (secondary N) is 2. The van der Waals surface area contributed by atoms with E-state index in [0.717, 1.165) is 36.7 Å². The molecular formula is C20H27ClN4O2S. The lowest BCUT2D eigenvalue weighted by Gasteiger charge is -2.22. The first-order valence-electron chi connectivity index (χ1n) is 9.07. The van der Waals surface area contributed by atoms with Crippen LogP contribution in [0.15, 0.2) is 53.5 Å². The summed E-state index contributed by atoms with van der Waals surface area (Å²) in [6.45, 7) is 5.07. The van der Waals surface area contributed by atoms with Gasteiger partial charge in [0.2, 0.25) is 10.0 Å². The number of hydrogen-bond donors (Lipinski definition) is 2. The Kier molecular flexibility index (Phi) is 7.32. The van der Waals surface area contributed by atoms with Gasteiger partial charge in [0, 0.05) is 19.3 Å². The minimum atomic E-state index is -3.30. The fourth-order valence-corrected chi connectivity index (χ4v) is 3.89. The van der Waals surface area contributed by atoms with Crippen molar-refractivity contribution in [3.63, 3.8) is 0 Å². The van der Waals surface area contributed by atoms with Crippen LogP contribution < -0.4 is 14.9 Å². The summed E-state index contributed by atoms with van der Waals surface area (Å²) in [5.41, 5.74) is 4.01. The summed E-state index contributed by atoms with van der Waals surface area (Å²) >= 11 is 0. The molecule has 1 aliphatic rings. The van der Waals surface area contributed by atoms with Gasteiger partial charge >= 0.3 is 0 Å². The first kappa shape index (κ1) is 22.0. The lowest BCUT2D eigenvalue weighted by molar-refractivity contribution is 0.585. The molecule has 0 radical (unpaired) electrons. The standard InChI is InChI=1S/C20H26N4O2S.ClH/c1-15(2)27(25,26)24(3)19-10-6-17(7-11-19)14-16-4-8-18(9-5-16)23-20-21-12-13-22-20;/h4-11,15H,12-14H2,1-3H3,(H2,21,22,23);1H. The Morgan fingerprint density at radius 2 is 1.64 bits per heavy atom. The maximum Gasteiger partial charge on any atom is 0.237 e. The summed E-state index contributed by atoms with van der Waals surface area (Å²) in [6.07, 6.45) is 0.792. The van der Waals surface area contributed by atoms with Crippen LogP contribution in [0.3, 0.4) is 0 Å². The van der Waals surface area contributed by atoms with Gasteiger partial charge < -0.3 is 10.6 Å². The molecule has 1 heterocycles. The molecule has 3 rings (SSSR count). The first-order chi connectivity index (χ1) is 12.9. The van der Waals surface area contributed by atoms with Crippen molar-refractivity contribution in [3.8, 4) is 0 Å². The predicted molar refractivity (Wildman–Crippen MR) is 119 cm³/mol. The van der Waals surface area contributed by atoms with Gasteiger partial charge in [0.15, 0.2) is 5.96 Å². The largest absolute Gasteiger partial charge is 0.354 e. The van der Waals surface area contributed by atoms with E-state index in [1.54, 1.807) is 20.9 Å². The van der Waals surface area contributed by atoms with Crippen molar-refractivity contribution in [2.45, 2.75) is 25.5 Å². The van der Waals surface area contributed by atoms with Crippen molar-refractivity contribution in [3.05, 3.63) is 59.7 Å². The van der Waals surface area contributed by atoms with E-state index in [2.05, 4.69) is 27.8 Å². The SMILES string of the molecule is CC(C)S(=O)(=O)N(C)c1ccc(Cc2ccc(NC3=NCCN3)cc2)cc1.Cl. The monoisotopic (exact) mass is 422 g/mol. The Hall–Kier alpha value is -2.25. The van der Waals surface area contributed by atoms with E-state index in [4.69, 9.17) is 0 Å². The molecule has 8 heteroatoms. The number of benzene rings is 2. The number of halogens is 1. The van der Waals surface area contributed by atoms with Crippen molar-refractivity contribution < 1.29 is 8.42 Å². The molecule has 6 nitrogen and oxygen atoms in total. The maximum atomic E-state index is 12.3. The zero-order valence-corrected chi connectivity index (χ0v) is 18.0. The summed E-state index contributed by atoms with van der Waals surface area (Å²) in [5.74, 6) is 0.818. The number of hydrogen-bond acceptors (Lipinski definition) is 5. The molecule has 0 aromatic heterocycles. The van der Waals surface area contributed by atoms with E-state index in [9.17, 15) is 8.42 Å². The second kappa shape index (κ2) is 9.30. The van der Waals surface area contributed by atoms with Gasteiger partial charge in [-0.2, -0.15) is 0 Å². The van der Waals surface area contributed by atoms with Crippen LogP contribution in [0.1, 0.15) is 25.0 Å². The van der Waals surface area contributed by atoms with Crippen LogP contribution in [-0.2, 0) is 16.4 Å². The highest BCUT2D eigenvalue weighted by Crippen LogP contribution is 2.21. The second-order valence-electron chi connectivity index (χ2n) is 6.88. The minimum Gasteiger partial charge on any atom is -0.354 e. The molecule has 1 aliphatic heterocycles. The molecule has 28 heavy (non-hydrogen) atoms. The Labute approximate surface area is 173 Å². The number of nitrogens with zero attached hydrogens (tertiary/aromatic N) is 2. The number of guanidine groups is 1. The molecular weight excluding hydrogens is 396 g/mol. The number of anilines is 2. The third kappa shape index (κ3) is 5.17. The van der Waals surface area contributed by atoms with E-state index >= 15 is 0 Å². The fraction of sp³-hybridized carbons (Fsp3) is 0.350. The Bertz CT molecular complexity index is 910. The van der Waals surface area contributed by atoms with Gasteiger partial charge in [0.1, 0.15) is 0 Å². The van der Waals surface area contributed by atoms with Crippen LogP contribution in [0.25, 0.3) is 0 Å². The first-order valence-corrected chi connectivity index (χ1v) is 10.6. The lowest BCUT2D eigenvalue weighted by atomic mass is 10.0. The van der Waals surface area contributed by atoms with Crippen molar-refractivity contribution in [2.24, 2.45) is 4.99 Å². The molecule has 0 bridgehead atoms. The summed E-state index contributed by atoms with van der Waals surface area (Å²) in [6, 6.07) is 15.9. The molecule has 2 aromatic carbocycles. The van der Waals surface area contributed by atoms with Gasteiger partial charge in [-0.15, -0.1) is 12.4 Å². The topological polar surface area (TPSA) is 73.8 Å². The average Bonchev–Trinajstić information content (AvgIpc) is 3.16. The van der Waals surface area contributed by atoms with E-state index in [1.807, 2.05) is 36.4 Å². The molecule has 0 saturated carbocycles. The zero-order chi connectivity index (χ0) is 19.4. The zero-order valence-electron chi connectivity index (χ0n) is 16.3. The third-order valence-corrected chi connectivity index (χ3v) is 6.74. The third-order valence-electron chi connectivity index (χ3n) is 4.58. The number of rotatable bonds is 6. The minimum absolute atomic E-state index is 0. The molecule has 2 aromatic rings. The van der Waals surface area contributed by atoms with Gasteiger partial charge in [-0.1, -0.05) is 24.3 Å². The van der Waals surface area contributed by atoms with Crippen molar-refractivity contribution in [1.29, 1.82) is 0 Å². The predicted octanol–water partition coefficient (Wildman–Crippen LogP) is 3.24. The van der Waals surface area contributed by atoms with Crippen molar-refractivity contribution in [1.82, 2.24) is 5.32 Å². The number of sulfonamides is 1. The highest BCUT2D eigenvalue weighted by atomic mass is 35.5. The number of aliphatic imine (C=N–C) groups is 1. The lowest BCUT2D eigenvalue weighted by Crippen LogP contribution is -2.32. The van der Waals surface area contributed by atoms with Crippen LogP contribution >= 0.6 is 12.4 Å². The van der Waals surface area contributed by atoms with Gasteiger partial charge in [-0.25, -0.2) is 8.42 Å². The summed E-state index contributed by atoms with van der Waals surface area (Å²) in [5, 5.41) is 5.99. The molecule has 0 unspecified atom stereocenters. The molecule has 0 saturated heterocycles. The highest BCUT2D eigenvalue weighted by Gasteiger charge is 2.22. The van der Waals surface area contributed by atoms with E-state index < -0.39 is 15.3 Å². The maximum absolute atomic E-state index is 12.3. The Balaban J connectivity index is 0.00000280. The Morgan fingerprint density at radius 3 is 2.14 bits per heavy atom. The normalized spacial score (nSPS) is 13.5. The van der Waals surface area contributed by atoms with Crippen LogP contribution in [0.4, 0.5) is 11.4 Å². The second-order valence-corrected chi connectivity index (χ2v) is 9.40. The molecule has 0 atom stereocenters. The summed E-state index contributed by atoms with van der Waals surface area (Å²) in [4.78, 5) is 4.32. The molecule has 0 amide bonds. The van der Waals surface area contributed by atoms with Crippen LogP contribution in [0.2, 0.25) is 0 Å². The van der Waals surface area contributed by atoms with Crippen molar-refractivity contribution >= 4 is 39.8 Å². The summed E-state index contributed by atoms with van der Waals surface area (Å²) < 4.78 is 25.9. The quantitative estimate of drug-likeness (QED) is 0.749. The van der Waals surface area contributed by atoms with Gasteiger partial charge in [-0.3, -0.25) is 9.30 Å². The van der Waals surface area contributed by atoms with E-state index in [0.29, 0.717) is 5.69 Å². The fourth-order valence-electron chi connectivity index (χ4n) is 2.85. The molecule has 0 fully saturated rings. The van der Waals surface area contributed by atoms with Gasteiger partial charge in [-0.05, 0) is 55.7 Å². The highest BCUT2D eigenvalue weighted by molar-refractivity contribution is 7.93. The van der Waals surface area contributed by atoms with Crippen LogP contribution in [0, 0.1) is 0 Å². The molecule has 2 N–H and O–H groups in total. The van der Waals surface area contributed by atoms with Gasteiger partial charge in [0.25, 0.3) is 0 Å². The van der Waals surface area contributed by atoms with E-state index in [1.165, 1.54) is 9.87 Å². The molecule has 0 aliphatic carbocycles. The smallest absolute Gasteiger partial charge is 0.237 e. The van der Waals surface area contributed by atoms with Crippen LogP contribution in [-0.4, -0.2) is 39.8 Å². The molecule has 152 valence electrons. The summed E-state index contributed by atoms with van der Waals surface area (Å²) in [7, 11) is -1.71. The van der Waals surface area contributed by atoms with Gasteiger partial charge in [0.05, 0.1) is 17.5 Å². The Morgan fingerprint density at radius 1 is 1.07 bits per heavy atom. The molecule has 0 spiro atoms.